The minimum absolute atomic E-state index is 0.0156. The smallest absolute Gasteiger partial charge is 0.323 e. The molecule has 6 saturated carbocycles. The molecule has 17 heteroatoms. The Morgan fingerprint density at radius 1 is 0.436 bits per heavy atom. The van der Waals surface area contributed by atoms with Crippen molar-refractivity contribution in [2.24, 2.45) is 107 Å². The van der Waals surface area contributed by atoms with E-state index < -0.39 is 27.0 Å². The lowest BCUT2D eigenvalue weighted by Crippen LogP contribution is -2.58. The van der Waals surface area contributed by atoms with Crippen molar-refractivity contribution in [3.05, 3.63) is 23.3 Å². The van der Waals surface area contributed by atoms with Gasteiger partial charge in [-0.3, -0.25) is 19.2 Å². The molecule has 8 rings (SSSR count). The van der Waals surface area contributed by atoms with Crippen LogP contribution in [0.25, 0.3) is 0 Å². The van der Waals surface area contributed by atoms with Crippen LogP contribution in [-0.2, 0) is 76.0 Å². The number of thiol groups is 1. The van der Waals surface area contributed by atoms with E-state index in [1.165, 1.54) is 103 Å². The fourth-order valence-corrected chi connectivity index (χ4v) is 24.5. The maximum Gasteiger partial charge on any atom is 0.323 e. The van der Waals surface area contributed by atoms with Crippen LogP contribution >= 0.6 is 12.6 Å². The van der Waals surface area contributed by atoms with Gasteiger partial charge in [-0.15, -0.1) is 0 Å². The lowest BCUT2D eigenvalue weighted by molar-refractivity contribution is -0.179. The molecule has 110 heavy (non-hydrogen) atoms. The zero-order valence-electron chi connectivity index (χ0n) is 74.2. The van der Waals surface area contributed by atoms with Crippen molar-refractivity contribution in [2.45, 2.75) is 329 Å². The molecule has 0 aromatic rings. The molecule has 0 heterocycles. The Labute approximate surface area is 675 Å². The van der Waals surface area contributed by atoms with Crippen LogP contribution < -0.4 is 0 Å². The Hall–Kier alpha value is -2.61. The number of hydrogen-bond acceptors (Lipinski definition) is 17. The molecule has 0 aromatic carbocycles. The molecule has 8 aliphatic rings. The highest BCUT2D eigenvalue weighted by Gasteiger charge is 2.69. The van der Waals surface area contributed by atoms with E-state index in [0.29, 0.717) is 106 Å². The molecule has 0 amide bonds. The molecule has 0 N–H and O–H groups in total. The molecule has 0 saturated heterocycles. The van der Waals surface area contributed by atoms with E-state index in [9.17, 15) is 19.2 Å². The van der Waals surface area contributed by atoms with Crippen molar-refractivity contribution >= 4 is 36.5 Å². The van der Waals surface area contributed by atoms with Gasteiger partial charge in [0.15, 0.2) is 13.6 Å². The Kier molecular flexibility index (Phi) is 34.6. The Morgan fingerprint density at radius 2 is 0.800 bits per heavy atom. The molecule has 5 unspecified atom stereocenters. The number of allylic oxidation sites excluding steroid dienone is 2. The Morgan fingerprint density at radius 3 is 1.17 bits per heavy atom. The van der Waals surface area contributed by atoms with Crippen LogP contribution in [0.15, 0.2) is 23.3 Å². The number of carbonyl (C=O) groups is 4. The second-order valence-corrected chi connectivity index (χ2v) is 41.4. The predicted molar refractivity (Wildman–Crippen MR) is 442 cm³/mol. The Balaban J connectivity index is 0.000000306. The summed E-state index contributed by atoms with van der Waals surface area (Å²) < 4.78 is 65.7. The number of hydrogen-bond donors (Lipinski definition) is 1. The largest absolute Gasteiger partial charge is 0.463 e. The van der Waals surface area contributed by atoms with Crippen molar-refractivity contribution in [1.29, 1.82) is 0 Å². The van der Waals surface area contributed by atoms with Crippen molar-refractivity contribution in [2.75, 3.05) is 107 Å². The van der Waals surface area contributed by atoms with E-state index in [2.05, 4.69) is 109 Å². The SMILES string of the molecule is CCC(C)(CC(C)(C)C(=O)OCOC1CC[C@@]2(C)C(=CC[C@H]3[C@]4(C)CC[C@](C)([C@H](C)CCCC(C)C)[C@H]4CC[C@@]32C)C1)C(=O)OCCOCCOCCOC.CCC(C)(CC(C)(S)C(=O)OCOC1CC[C@@]2(C)C(=CC[C@H]3[C@]4(C)CC[C@](C)([C@H](C)CCCC(C)C)[C@H]4CC[C@@]32C)C1)C(=O)OCCOCCOCCOC. The quantitative estimate of drug-likeness (QED) is 0.0152. The summed E-state index contributed by atoms with van der Waals surface area (Å²) in [5, 5.41) is 0. The second-order valence-electron chi connectivity index (χ2n) is 40.4. The van der Waals surface area contributed by atoms with Gasteiger partial charge in [-0.25, -0.2) is 0 Å². The highest BCUT2D eigenvalue weighted by Crippen LogP contribution is 2.77. The molecular formula is C93H162O16S. The third-order valence-corrected chi connectivity index (χ3v) is 32.6. The minimum atomic E-state index is -1.19. The van der Waals surface area contributed by atoms with Gasteiger partial charge >= 0.3 is 23.9 Å². The van der Waals surface area contributed by atoms with E-state index in [4.69, 9.17) is 69.5 Å². The first-order valence-electron chi connectivity index (χ1n) is 44.0. The highest BCUT2D eigenvalue weighted by molar-refractivity contribution is 7.82. The number of ether oxygens (including phenoxy) is 12. The third-order valence-electron chi connectivity index (χ3n) is 32.3. The molecular weight excluding hydrogens is 1410 g/mol. The lowest BCUT2D eigenvalue weighted by Gasteiger charge is -2.66. The molecule has 8 aliphatic carbocycles. The van der Waals surface area contributed by atoms with E-state index in [1.807, 2.05) is 41.5 Å². The first kappa shape index (κ1) is 94.5. The first-order valence-corrected chi connectivity index (χ1v) is 44.4. The number of fused-ring (bicyclic) bond motifs is 10. The van der Waals surface area contributed by atoms with Gasteiger partial charge in [-0.2, -0.15) is 12.6 Å². The van der Waals surface area contributed by atoms with Gasteiger partial charge in [0.25, 0.3) is 0 Å². The summed E-state index contributed by atoms with van der Waals surface area (Å²) >= 11 is 4.70. The van der Waals surface area contributed by atoms with Crippen molar-refractivity contribution in [3.63, 3.8) is 0 Å². The zero-order valence-corrected chi connectivity index (χ0v) is 75.1. The van der Waals surface area contributed by atoms with Crippen LogP contribution in [0.4, 0.5) is 0 Å². The van der Waals surface area contributed by atoms with Gasteiger partial charge in [0.05, 0.1) is 94.5 Å². The minimum Gasteiger partial charge on any atom is -0.463 e. The van der Waals surface area contributed by atoms with Crippen LogP contribution in [0, 0.1) is 107 Å². The van der Waals surface area contributed by atoms with Gasteiger partial charge in [0.2, 0.25) is 0 Å². The summed E-state index contributed by atoms with van der Waals surface area (Å²) in [7, 11) is 3.26. The monoisotopic (exact) mass is 1570 g/mol. The normalized spacial score (nSPS) is 34.0. The summed E-state index contributed by atoms with van der Waals surface area (Å²) in [4.78, 5) is 53.0. The van der Waals surface area contributed by atoms with Crippen LogP contribution in [0.1, 0.15) is 312 Å². The number of esters is 4. The molecule has 0 bridgehead atoms. The second kappa shape index (κ2) is 40.2. The van der Waals surface area contributed by atoms with E-state index >= 15 is 0 Å². The molecule has 0 aromatic heterocycles. The molecule has 0 aliphatic heterocycles. The summed E-state index contributed by atoms with van der Waals surface area (Å²) in [5.74, 6) is 4.64. The van der Waals surface area contributed by atoms with Gasteiger partial charge in [0.1, 0.15) is 18.0 Å². The highest BCUT2D eigenvalue weighted by atomic mass is 32.1. The molecule has 6 fully saturated rings. The average Bonchev–Trinajstić information content (AvgIpc) is 1.35. The number of methoxy groups -OCH3 is 2. The Bertz CT molecular complexity index is 2790. The number of carbonyl (C=O) groups excluding carboxylic acids is 4. The average molecular weight is 1570 g/mol. The lowest BCUT2D eigenvalue weighted by atomic mass is 9.39. The van der Waals surface area contributed by atoms with Gasteiger partial charge in [-0.1, -0.05) is 173 Å². The molecule has 636 valence electrons. The van der Waals surface area contributed by atoms with E-state index in [1.54, 1.807) is 32.3 Å². The maximum absolute atomic E-state index is 13.4. The van der Waals surface area contributed by atoms with Gasteiger partial charge in [-0.05, 0) is 254 Å². The zero-order chi connectivity index (χ0) is 81.4. The molecule has 19 atom stereocenters. The van der Waals surface area contributed by atoms with Crippen molar-refractivity contribution in [3.8, 4) is 0 Å². The maximum atomic E-state index is 13.4. The summed E-state index contributed by atoms with van der Waals surface area (Å²) in [6.45, 7) is 53.1. The summed E-state index contributed by atoms with van der Waals surface area (Å²) in [6.07, 6.45) is 34.1. The fraction of sp³-hybridized carbons (Fsp3) is 0.914. The van der Waals surface area contributed by atoms with Gasteiger partial charge < -0.3 is 56.8 Å². The van der Waals surface area contributed by atoms with Gasteiger partial charge in [0, 0.05) is 14.2 Å². The van der Waals surface area contributed by atoms with Crippen LogP contribution in [-0.4, -0.2) is 148 Å². The van der Waals surface area contributed by atoms with Crippen molar-refractivity contribution in [1.82, 2.24) is 0 Å². The first-order chi connectivity index (χ1) is 51.7. The number of rotatable bonds is 44. The summed E-state index contributed by atoms with van der Waals surface area (Å²) in [5.41, 5.74) is 3.06. The van der Waals surface area contributed by atoms with E-state index in [0.717, 1.165) is 74.0 Å². The van der Waals surface area contributed by atoms with Crippen molar-refractivity contribution < 1.29 is 76.0 Å². The van der Waals surface area contributed by atoms with Crippen LogP contribution in [0.3, 0.4) is 0 Å². The fourth-order valence-electron chi connectivity index (χ4n) is 24.0. The summed E-state index contributed by atoms with van der Waals surface area (Å²) in [6, 6.07) is 0. The van der Waals surface area contributed by atoms with E-state index in [-0.39, 0.29) is 98.2 Å². The molecule has 0 spiro atoms. The molecule has 16 nitrogen and oxygen atoms in total. The van der Waals surface area contributed by atoms with Crippen LogP contribution in [0.5, 0.6) is 0 Å². The molecule has 0 radical (unpaired) electrons. The third kappa shape index (κ3) is 21.5. The standard InChI is InChI=1S/C47H82O8.C46H80O8S/c1-13-43(7,41(49)53-30-29-52-28-27-51-26-25-50-12)32-42(5,6)40(48)55-33-54-37-19-21-46(10)36(31-37)17-18-39-45(9)24-23-44(8,35(4)16-14-15-34(2)3)38(45)20-22-47(39,46)11;1-12-41(5,39(47)52-29-28-51-27-26-50-25-24-49-11)31-46(10,55)40(48)54-32-53-36-18-20-44(8)35(30-36)16-17-38-43(7)23-22-42(6,34(4)15-13-14-33(2)3)37(43)19-21-45(38,44)9/h17,34-35,37-39H,13-16,18-33H2,1-12H3;16,33-34,36-38,55H,12-15,17-32H2,1-11H3/t35-,37?,38-,39+,43?,44-,45-,46+,47+;34-,36?,37-,38+,41?,42-,43-,44+,45+,46?/m11/s1. The van der Waals surface area contributed by atoms with Crippen LogP contribution in [0.2, 0.25) is 0 Å². The predicted octanol–water partition coefficient (Wildman–Crippen LogP) is 21.2. The topological polar surface area (TPSA) is 179 Å².